The van der Waals surface area contributed by atoms with Crippen LogP contribution in [-0.2, 0) is 4.79 Å². The first-order valence-corrected chi connectivity index (χ1v) is 9.85. The Kier molecular flexibility index (Phi) is 5.92. The summed E-state index contributed by atoms with van der Waals surface area (Å²) in [5.41, 5.74) is 1.46. The number of nitrogens with one attached hydrogen (secondary N) is 2. The molecule has 1 aromatic carbocycles. The van der Waals surface area contributed by atoms with Crippen molar-refractivity contribution in [2.45, 2.75) is 38.3 Å². The van der Waals surface area contributed by atoms with Crippen molar-refractivity contribution in [2.75, 3.05) is 6.54 Å². The Hall–Kier alpha value is -2.49. The quantitative estimate of drug-likeness (QED) is 0.613. The summed E-state index contributed by atoms with van der Waals surface area (Å²) in [5.74, 6) is -3.93. The Labute approximate surface area is 174 Å². The van der Waals surface area contributed by atoms with Crippen molar-refractivity contribution < 1.29 is 23.5 Å². The first-order chi connectivity index (χ1) is 13.6. The number of aromatic amines is 1. The number of benzene rings is 1. The molecule has 0 spiro atoms. The van der Waals surface area contributed by atoms with Gasteiger partial charge in [-0.25, -0.2) is 18.6 Å². The van der Waals surface area contributed by atoms with Crippen LogP contribution in [0.2, 0.25) is 0 Å². The molecule has 1 fully saturated rings. The van der Waals surface area contributed by atoms with Crippen LogP contribution < -0.4 is 5.32 Å². The third-order valence-corrected chi connectivity index (χ3v) is 5.36. The fraction of sp³-hybridized carbons (Fsp3) is 0.421. The van der Waals surface area contributed by atoms with Gasteiger partial charge in [0.25, 0.3) is 5.92 Å². The third kappa shape index (κ3) is 4.75. The number of alkyl halides is 2. The zero-order valence-electron chi connectivity index (χ0n) is 15.8. The number of carbonyl (C=O) groups is 2. The van der Waals surface area contributed by atoms with Crippen LogP contribution in [0.1, 0.15) is 32.1 Å². The highest BCUT2D eigenvalue weighted by Crippen LogP contribution is 2.41. The summed E-state index contributed by atoms with van der Waals surface area (Å²) in [5, 5.41) is 11.1. The summed E-state index contributed by atoms with van der Waals surface area (Å²) < 4.78 is 29.3. The van der Waals surface area contributed by atoms with Crippen LogP contribution >= 0.6 is 15.9 Å². The number of halogens is 3. The largest absolute Gasteiger partial charge is 0.465 e. The third-order valence-electron chi connectivity index (χ3n) is 4.83. The Morgan fingerprint density at radius 2 is 2.00 bits per heavy atom. The van der Waals surface area contributed by atoms with Gasteiger partial charge in [0, 0.05) is 10.9 Å². The first kappa shape index (κ1) is 21.2. The van der Waals surface area contributed by atoms with E-state index in [1.807, 2.05) is 24.3 Å². The molecule has 1 saturated heterocycles. The van der Waals surface area contributed by atoms with Gasteiger partial charge in [0.1, 0.15) is 11.9 Å². The molecule has 2 heterocycles. The molecule has 2 atom stereocenters. The molecular weight excluding hydrogens is 450 g/mol. The number of carboxylic acid groups (broad SMARTS) is 1. The van der Waals surface area contributed by atoms with E-state index in [-0.39, 0.29) is 5.82 Å². The van der Waals surface area contributed by atoms with Crippen LogP contribution in [0.3, 0.4) is 0 Å². The van der Waals surface area contributed by atoms with Crippen LogP contribution in [-0.4, -0.2) is 50.5 Å². The monoisotopic (exact) mass is 470 g/mol. The van der Waals surface area contributed by atoms with Crippen molar-refractivity contribution in [1.82, 2.24) is 20.2 Å². The van der Waals surface area contributed by atoms with Crippen LogP contribution in [0.25, 0.3) is 11.3 Å². The van der Waals surface area contributed by atoms with Crippen molar-refractivity contribution in [3.63, 3.8) is 0 Å². The van der Waals surface area contributed by atoms with Gasteiger partial charge in [0.2, 0.25) is 5.91 Å². The fourth-order valence-corrected chi connectivity index (χ4v) is 3.66. The smallest absolute Gasteiger partial charge is 0.405 e. The molecular formula is C19H21BrF2N4O3. The van der Waals surface area contributed by atoms with E-state index >= 15 is 0 Å². The highest BCUT2D eigenvalue weighted by molar-refractivity contribution is 9.10. The molecule has 29 heavy (non-hydrogen) atoms. The number of imidazole rings is 1. The van der Waals surface area contributed by atoms with E-state index in [2.05, 4.69) is 31.2 Å². The Balaban J connectivity index is 1.89. The number of hydrogen-bond acceptors (Lipinski definition) is 3. The van der Waals surface area contributed by atoms with Gasteiger partial charge in [0.15, 0.2) is 0 Å². The topological polar surface area (TPSA) is 98.3 Å². The molecule has 1 aliphatic heterocycles. The van der Waals surface area contributed by atoms with E-state index < -0.39 is 48.9 Å². The molecule has 0 saturated carbocycles. The van der Waals surface area contributed by atoms with E-state index in [1.54, 1.807) is 13.8 Å². The number of rotatable bonds is 5. The van der Waals surface area contributed by atoms with Crippen LogP contribution in [0, 0.1) is 5.92 Å². The summed E-state index contributed by atoms with van der Waals surface area (Å²) in [6.45, 7) is 2.52. The minimum absolute atomic E-state index is 0.242. The number of aromatic nitrogens is 2. The van der Waals surface area contributed by atoms with Gasteiger partial charge in [-0.05, 0) is 23.6 Å². The summed E-state index contributed by atoms with van der Waals surface area (Å²) in [6, 6.07) is 5.29. The van der Waals surface area contributed by atoms with Crippen LogP contribution in [0.5, 0.6) is 0 Å². The average molecular weight is 471 g/mol. The van der Waals surface area contributed by atoms with Gasteiger partial charge >= 0.3 is 6.09 Å². The minimum atomic E-state index is -3.09. The van der Waals surface area contributed by atoms with Crippen molar-refractivity contribution >= 4 is 27.9 Å². The molecule has 7 nitrogen and oxygen atoms in total. The van der Waals surface area contributed by atoms with Gasteiger partial charge < -0.3 is 20.3 Å². The molecule has 0 aliphatic carbocycles. The molecule has 0 unspecified atom stereocenters. The predicted molar refractivity (Wildman–Crippen MR) is 106 cm³/mol. The first-order valence-electron chi connectivity index (χ1n) is 9.06. The van der Waals surface area contributed by atoms with Crippen molar-refractivity contribution in [3.05, 3.63) is 40.8 Å². The molecule has 2 amide bonds. The lowest BCUT2D eigenvalue weighted by Crippen LogP contribution is -2.51. The number of H-pyrrole nitrogens is 1. The lowest BCUT2D eigenvalue weighted by Gasteiger charge is -2.29. The standard InChI is InChI=1S/C19H21BrF2N4O3/c1-10(2)15(25-18(28)29)17(27)26-9-19(21,22)7-14(26)16-23-8-13(24-16)11-3-5-12(20)6-4-11/h3-6,8,10,14-15,25H,7,9H2,1-2H3,(H,23,24)(H,28,29)/t14-,15-/m0/s1. The predicted octanol–water partition coefficient (Wildman–Crippen LogP) is 4.04. The van der Waals surface area contributed by atoms with Gasteiger partial charge in [-0.3, -0.25) is 4.79 Å². The second kappa shape index (κ2) is 8.10. The van der Waals surface area contributed by atoms with Gasteiger partial charge in [-0.15, -0.1) is 0 Å². The molecule has 0 radical (unpaired) electrons. The zero-order chi connectivity index (χ0) is 21.3. The van der Waals surface area contributed by atoms with E-state index in [0.29, 0.717) is 5.69 Å². The normalized spacial score (nSPS) is 19.4. The summed E-state index contributed by atoms with van der Waals surface area (Å²) >= 11 is 3.35. The van der Waals surface area contributed by atoms with Gasteiger partial charge in [-0.1, -0.05) is 41.9 Å². The number of carbonyl (C=O) groups excluding carboxylic acids is 1. The molecule has 1 aromatic heterocycles. The Morgan fingerprint density at radius 3 is 2.59 bits per heavy atom. The Morgan fingerprint density at radius 1 is 1.34 bits per heavy atom. The van der Waals surface area contributed by atoms with Crippen molar-refractivity contribution in [3.8, 4) is 11.3 Å². The van der Waals surface area contributed by atoms with E-state index in [0.717, 1.165) is 14.9 Å². The maximum absolute atomic E-state index is 14.2. The lowest BCUT2D eigenvalue weighted by molar-refractivity contribution is -0.136. The van der Waals surface area contributed by atoms with Gasteiger partial charge in [0.05, 0.1) is 24.5 Å². The highest BCUT2D eigenvalue weighted by Gasteiger charge is 2.50. The second-order valence-electron chi connectivity index (χ2n) is 7.40. The highest BCUT2D eigenvalue weighted by atomic mass is 79.9. The fourth-order valence-electron chi connectivity index (χ4n) is 3.40. The summed E-state index contributed by atoms with van der Waals surface area (Å²) in [6.07, 6.45) is -0.424. The van der Waals surface area contributed by atoms with E-state index in [1.165, 1.54) is 6.20 Å². The molecule has 3 rings (SSSR count). The molecule has 2 aromatic rings. The number of amides is 2. The number of nitrogens with zero attached hydrogens (tertiary/aromatic N) is 2. The van der Waals surface area contributed by atoms with Crippen LogP contribution in [0.4, 0.5) is 13.6 Å². The maximum Gasteiger partial charge on any atom is 0.405 e. The average Bonchev–Trinajstić information content (AvgIpc) is 3.23. The SMILES string of the molecule is CC(C)[C@H](NC(=O)O)C(=O)N1CC(F)(F)C[C@H]1c1ncc(-c2ccc(Br)cc2)[nH]1. The molecule has 0 bridgehead atoms. The summed E-state index contributed by atoms with van der Waals surface area (Å²) in [7, 11) is 0. The second-order valence-corrected chi connectivity index (χ2v) is 8.32. The molecule has 10 heteroatoms. The number of likely N-dealkylation sites (tertiary alicyclic amines) is 1. The molecule has 156 valence electrons. The lowest BCUT2D eigenvalue weighted by atomic mass is 10.0. The zero-order valence-corrected chi connectivity index (χ0v) is 17.4. The minimum Gasteiger partial charge on any atom is -0.465 e. The van der Waals surface area contributed by atoms with Crippen molar-refractivity contribution in [1.29, 1.82) is 0 Å². The molecule has 3 N–H and O–H groups in total. The summed E-state index contributed by atoms with van der Waals surface area (Å²) in [4.78, 5) is 32.3. The maximum atomic E-state index is 14.2. The van der Waals surface area contributed by atoms with Crippen LogP contribution in [0.15, 0.2) is 34.9 Å². The number of hydrogen-bond donors (Lipinski definition) is 3. The van der Waals surface area contributed by atoms with Gasteiger partial charge in [-0.2, -0.15) is 0 Å². The van der Waals surface area contributed by atoms with Crippen molar-refractivity contribution in [2.24, 2.45) is 5.92 Å². The Bertz CT molecular complexity index is 901. The molecule has 1 aliphatic rings. The van der Waals surface area contributed by atoms with E-state index in [9.17, 15) is 18.4 Å². The van der Waals surface area contributed by atoms with E-state index in [4.69, 9.17) is 5.11 Å².